The molecule has 0 atom stereocenters. The highest BCUT2D eigenvalue weighted by Gasteiger charge is 2.43. The molecule has 13 heteroatoms. The Bertz CT molecular complexity index is 996. The van der Waals surface area contributed by atoms with Crippen molar-refractivity contribution in [3.63, 3.8) is 0 Å². The van der Waals surface area contributed by atoms with Crippen molar-refractivity contribution >= 4 is 17.5 Å². The lowest BCUT2D eigenvalue weighted by Crippen LogP contribution is -2.28. The number of nitrogens with one attached hydrogen (secondary N) is 2. The van der Waals surface area contributed by atoms with Crippen molar-refractivity contribution < 1.29 is 49.1 Å². The largest absolute Gasteiger partial charge is 0.417 e. The van der Waals surface area contributed by atoms with Gasteiger partial charge in [-0.15, -0.1) is 0 Å². The Morgan fingerprint density at radius 3 is 1.91 bits per heavy atom. The second-order valence-electron chi connectivity index (χ2n) is 6.46. The van der Waals surface area contributed by atoms with E-state index in [9.17, 15) is 49.1 Å². The van der Waals surface area contributed by atoms with E-state index in [0.717, 1.165) is 18.2 Å². The highest BCUT2D eigenvalue weighted by atomic mass is 19.4. The molecule has 2 rings (SSSR count). The molecule has 0 aromatic heterocycles. The fraction of sp³-hybridized carbons (Fsp3) is 0.263. The van der Waals surface area contributed by atoms with Gasteiger partial charge in [-0.2, -0.15) is 39.5 Å². The molecule has 0 bridgehead atoms. The van der Waals surface area contributed by atoms with Crippen molar-refractivity contribution in [1.29, 1.82) is 0 Å². The Hall–Kier alpha value is -3.25. The zero-order valence-corrected chi connectivity index (χ0v) is 15.7. The van der Waals surface area contributed by atoms with E-state index in [1.54, 1.807) is 0 Å². The monoisotopic (exact) mass is 472 g/mol. The zero-order valence-electron chi connectivity index (χ0n) is 15.7. The molecule has 0 fully saturated rings. The first-order valence-corrected chi connectivity index (χ1v) is 8.58. The number of rotatable bonds is 5. The standard InChI is InChI=1S/C19H13F9N2O2/c20-17(21,22)11-3-1-2-10(6-11)9-29-15(31)8-16(32)30-12-4-5-13(18(23,24)25)14(7-12)19(26,27)28/h1-7H,8-9H2,(H,29,31)(H,30,32). The smallest absolute Gasteiger partial charge is 0.352 e. The van der Waals surface area contributed by atoms with Crippen LogP contribution in [0, 0.1) is 0 Å². The minimum absolute atomic E-state index is 0.0751. The number of carbonyl (C=O) groups is 2. The number of amides is 2. The third kappa shape index (κ3) is 6.89. The van der Waals surface area contributed by atoms with Gasteiger partial charge in [0.15, 0.2) is 0 Å². The minimum Gasteiger partial charge on any atom is -0.352 e. The van der Waals surface area contributed by atoms with E-state index in [-0.39, 0.29) is 24.2 Å². The van der Waals surface area contributed by atoms with Crippen molar-refractivity contribution in [3.8, 4) is 0 Å². The summed E-state index contributed by atoms with van der Waals surface area (Å²) in [6.45, 7) is -0.367. The van der Waals surface area contributed by atoms with Crippen molar-refractivity contribution in [3.05, 3.63) is 64.7 Å². The van der Waals surface area contributed by atoms with Crippen molar-refractivity contribution in [2.75, 3.05) is 5.32 Å². The maximum absolute atomic E-state index is 12.9. The fourth-order valence-electron chi connectivity index (χ4n) is 2.58. The van der Waals surface area contributed by atoms with Gasteiger partial charge in [0.1, 0.15) is 6.42 Å². The average molecular weight is 472 g/mol. The Kier molecular flexibility index (Phi) is 7.10. The molecular weight excluding hydrogens is 459 g/mol. The van der Waals surface area contributed by atoms with Crippen LogP contribution in [-0.2, 0) is 34.7 Å². The third-order valence-electron chi connectivity index (χ3n) is 3.98. The van der Waals surface area contributed by atoms with Crippen LogP contribution in [0.5, 0.6) is 0 Å². The summed E-state index contributed by atoms with van der Waals surface area (Å²) in [7, 11) is 0. The summed E-state index contributed by atoms with van der Waals surface area (Å²) in [4.78, 5) is 23.6. The van der Waals surface area contributed by atoms with Gasteiger partial charge in [0.05, 0.1) is 16.7 Å². The predicted octanol–water partition coefficient (Wildman–Crippen LogP) is 5.39. The Morgan fingerprint density at radius 2 is 1.34 bits per heavy atom. The topological polar surface area (TPSA) is 58.2 Å². The molecule has 0 spiro atoms. The Morgan fingerprint density at radius 1 is 0.719 bits per heavy atom. The lowest BCUT2D eigenvalue weighted by Gasteiger charge is -2.17. The van der Waals surface area contributed by atoms with Crippen LogP contribution in [0.1, 0.15) is 28.7 Å². The minimum atomic E-state index is -5.35. The van der Waals surface area contributed by atoms with Crippen molar-refractivity contribution in [1.82, 2.24) is 5.32 Å². The van der Waals surface area contributed by atoms with Crippen LogP contribution in [-0.4, -0.2) is 11.8 Å². The molecule has 2 aromatic carbocycles. The number of alkyl halides is 9. The van der Waals surface area contributed by atoms with Crippen LogP contribution < -0.4 is 10.6 Å². The lowest BCUT2D eigenvalue weighted by molar-refractivity contribution is -0.162. The summed E-state index contributed by atoms with van der Waals surface area (Å²) in [5, 5.41) is 4.04. The number of anilines is 1. The number of hydrogen-bond acceptors (Lipinski definition) is 2. The first kappa shape index (κ1) is 25.0. The van der Waals surface area contributed by atoms with E-state index in [4.69, 9.17) is 0 Å². The first-order chi connectivity index (χ1) is 14.6. The maximum Gasteiger partial charge on any atom is 0.417 e. The van der Waals surface area contributed by atoms with Gasteiger partial charge in [-0.3, -0.25) is 9.59 Å². The summed E-state index contributed by atoms with van der Waals surface area (Å²) >= 11 is 0. The summed E-state index contributed by atoms with van der Waals surface area (Å²) < 4.78 is 115. The molecule has 2 N–H and O–H groups in total. The van der Waals surface area contributed by atoms with Gasteiger partial charge in [0.2, 0.25) is 11.8 Å². The fourth-order valence-corrected chi connectivity index (χ4v) is 2.58. The number of benzene rings is 2. The second-order valence-corrected chi connectivity index (χ2v) is 6.46. The molecule has 0 heterocycles. The summed E-state index contributed by atoms with van der Waals surface area (Å²) in [5.74, 6) is -2.11. The van der Waals surface area contributed by atoms with Gasteiger partial charge in [-0.1, -0.05) is 12.1 Å². The predicted molar refractivity (Wildman–Crippen MR) is 93.0 cm³/mol. The summed E-state index contributed by atoms with van der Waals surface area (Å²) in [5.41, 5.74) is -5.46. The average Bonchev–Trinajstić information content (AvgIpc) is 2.64. The summed E-state index contributed by atoms with van der Waals surface area (Å²) in [6, 6.07) is 4.82. The van der Waals surface area contributed by atoms with Crippen LogP contribution in [0.25, 0.3) is 0 Å². The van der Waals surface area contributed by atoms with Crippen LogP contribution in [0.2, 0.25) is 0 Å². The lowest BCUT2D eigenvalue weighted by atomic mass is 10.1. The third-order valence-corrected chi connectivity index (χ3v) is 3.98. The molecule has 0 saturated heterocycles. The first-order valence-electron chi connectivity index (χ1n) is 8.58. The van der Waals surface area contributed by atoms with Crippen LogP contribution in [0.4, 0.5) is 45.2 Å². The van der Waals surface area contributed by atoms with Crippen LogP contribution in [0.15, 0.2) is 42.5 Å². The molecule has 174 valence electrons. The number of hydrogen-bond donors (Lipinski definition) is 2. The normalized spacial score (nSPS) is 12.4. The van der Waals surface area contributed by atoms with E-state index >= 15 is 0 Å². The van der Waals surface area contributed by atoms with Gasteiger partial charge >= 0.3 is 18.5 Å². The summed E-state index contributed by atoms with van der Waals surface area (Å²) in [6.07, 6.45) is -16.2. The van der Waals surface area contributed by atoms with E-state index in [1.807, 2.05) is 5.32 Å². The molecule has 0 aliphatic rings. The second kappa shape index (κ2) is 9.09. The van der Waals surface area contributed by atoms with E-state index < -0.39 is 59.1 Å². The van der Waals surface area contributed by atoms with E-state index in [1.165, 1.54) is 6.07 Å². The Balaban J connectivity index is 2.01. The quantitative estimate of drug-likeness (QED) is 0.453. The van der Waals surface area contributed by atoms with Gasteiger partial charge in [-0.05, 0) is 35.9 Å². The number of halogens is 9. The molecule has 2 aromatic rings. The molecule has 0 radical (unpaired) electrons. The van der Waals surface area contributed by atoms with E-state index in [2.05, 4.69) is 5.32 Å². The zero-order chi connectivity index (χ0) is 24.3. The van der Waals surface area contributed by atoms with Crippen LogP contribution in [0.3, 0.4) is 0 Å². The van der Waals surface area contributed by atoms with Gasteiger partial charge in [0.25, 0.3) is 0 Å². The maximum atomic E-state index is 12.9. The van der Waals surface area contributed by atoms with E-state index in [0.29, 0.717) is 6.07 Å². The van der Waals surface area contributed by atoms with Gasteiger partial charge in [-0.25, -0.2) is 0 Å². The molecule has 0 aliphatic carbocycles. The SMILES string of the molecule is O=C(CC(=O)Nc1ccc(C(F)(F)F)c(C(F)(F)F)c1)NCc1cccc(C(F)(F)F)c1. The van der Waals surface area contributed by atoms with Crippen LogP contribution >= 0.6 is 0 Å². The molecular formula is C19H13F9N2O2. The molecule has 32 heavy (non-hydrogen) atoms. The highest BCUT2D eigenvalue weighted by Crippen LogP contribution is 2.41. The molecule has 0 saturated carbocycles. The van der Waals surface area contributed by atoms with Gasteiger partial charge < -0.3 is 10.6 Å². The number of carbonyl (C=O) groups excluding carboxylic acids is 2. The highest BCUT2D eigenvalue weighted by molar-refractivity contribution is 6.03. The molecule has 0 aliphatic heterocycles. The molecule has 0 unspecified atom stereocenters. The van der Waals surface area contributed by atoms with Gasteiger partial charge in [0, 0.05) is 12.2 Å². The Labute approximate surface area is 174 Å². The molecule has 4 nitrogen and oxygen atoms in total. The molecule has 2 amide bonds. The van der Waals surface area contributed by atoms with Crippen molar-refractivity contribution in [2.45, 2.75) is 31.5 Å². The van der Waals surface area contributed by atoms with Crippen molar-refractivity contribution in [2.24, 2.45) is 0 Å².